The Balaban J connectivity index is 2.87. The summed E-state index contributed by atoms with van der Waals surface area (Å²) in [5.41, 5.74) is 11.6. The molecule has 1 aromatic rings. The zero-order valence-electron chi connectivity index (χ0n) is 12.7. The molecule has 0 aliphatic heterocycles. The lowest BCUT2D eigenvalue weighted by atomic mass is 10.0. The summed E-state index contributed by atoms with van der Waals surface area (Å²) in [6.45, 7) is 5.24. The molecule has 0 radical (unpaired) electrons. The smallest absolute Gasteiger partial charge is 0.250 e. The van der Waals surface area contributed by atoms with Crippen LogP contribution in [-0.2, 0) is 0 Å². The Hall–Kier alpha value is -1.82. The van der Waals surface area contributed by atoms with Gasteiger partial charge in [-0.05, 0) is 32.5 Å². The first-order chi connectivity index (χ1) is 9.29. The number of hydrogen-bond donors (Lipinski definition) is 3. The van der Waals surface area contributed by atoms with Gasteiger partial charge < -0.3 is 21.7 Å². The van der Waals surface area contributed by atoms with Crippen molar-refractivity contribution in [3.63, 3.8) is 0 Å². The molecule has 20 heavy (non-hydrogen) atoms. The molecule has 1 amide bonds. The number of hydrogen-bond acceptors (Lipinski definition) is 5. The van der Waals surface area contributed by atoms with Gasteiger partial charge in [0, 0.05) is 12.6 Å². The van der Waals surface area contributed by atoms with Gasteiger partial charge in [-0.2, -0.15) is 0 Å². The molecule has 0 fully saturated rings. The maximum absolute atomic E-state index is 11.3. The fourth-order valence-corrected chi connectivity index (χ4v) is 2.16. The number of likely N-dealkylation sites (N-methyl/N-ethyl adjacent to an activating group) is 1. The van der Waals surface area contributed by atoms with Crippen molar-refractivity contribution in [2.24, 2.45) is 11.7 Å². The highest BCUT2D eigenvalue weighted by Gasteiger charge is 2.14. The highest BCUT2D eigenvalue weighted by atomic mass is 16.1. The largest absolute Gasteiger partial charge is 0.397 e. The minimum absolute atomic E-state index is 0.252. The molecular weight excluding hydrogens is 254 g/mol. The molecule has 0 aliphatic carbocycles. The molecule has 1 rings (SSSR count). The molecule has 0 aromatic carbocycles. The number of amides is 1. The number of anilines is 2. The molecule has 5 N–H and O–H groups in total. The Bertz CT molecular complexity index is 449. The lowest BCUT2D eigenvalue weighted by molar-refractivity contribution is 0.100. The molecule has 6 heteroatoms. The summed E-state index contributed by atoms with van der Waals surface area (Å²) in [6, 6.07) is 1.86. The van der Waals surface area contributed by atoms with E-state index in [0.29, 0.717) is 23.0 Å². The Kier molecular flexibility index (Phi) is 5.76. The van der Waals surface area contributed by atoms with E-state index in [-0.39, 0.29) is 6.04 Å². The highest BCUT2D eigenvalue weighted by Crippen LogP contribution is 2.17. The monoisotopic (exact) mass is 279 g/mol. The third-order valence-electron chi connectivity index (χ3n) is 2.89. The number of primary amides is 1. The lowest BCUT2D eigenvalue weighted by Crippen LogP contribution is -2.34. The molecule has 112 valence electrons. The molecule has 6 nitrogen and oxygen atoms in total. The SMILES string of the molecule is CC(C)CC(CN(C)C)Nc1cc(C(N)=O)c(N)cn1. The van der Waals surface area contributed by atoms with Crippen LogP contribution in [0, 0.1) is 5.92 Å². The van der Waals surface area contributed by atoms with Crippen molar-refractivity contribution in [3.8, 4) is 0 Å². The molecule has 0 saturated carbocycles. The van der Waals surface area contributed by atoms with Gasteiger partial charge in [0.2, 0.25) is 0 Å². The van der Waals surface area contributed by atoms with Gasteiger partial charge in [0.15, 0.2) is 0 Å². The van der Waals surface area contributed by atoms with Crippen molar-refractivity contribution >= 4 is 17.4 Å². The van der Waals surface area contributed by atoms with Crippen molar-refractivity contribution in [1.29, 1.82) is 0 Å². The minimum Gasteiger partial charge on any atom is -0.397 e. The van der Waals surface area contributed by atoms with Crippen LogP contribution in [0.15, 0.2) is 12.3 Å². The number of aromatic nitrogens is 1. The summed E-state index contributed by atoms with van der Waals surface area (Å²) in [5, 5.41) is 3.35. The topological polar surface area (TPSA) is 97.3 Å². The van der Waals surface area contributed by atoms with Crippen molar-refractivity contribution in [1.82, 2.24) is 9.88 Å². The van der Waals surface area contributed by atoms with Crippen LogP contribution in [0.25, 0.3) is 0 Å². The van der Waals surface area contributed by atoms with Gasteiger partial charge in [0.25, 0.3) is 5.91 Å². The maximum Gasteiger partial charge on any atom is 0.250 e. The van der Waals surface area contributed by atoms with Crippen LogP contribution in [-0.4, -0.2) is 42.5 Å². The Morgan fingerprint density at radius 3 is 2.60 bits per heavy atom. The first-order valence-electron chi connectivity index (χ1n) is 6.76. The van der Waals surface area contributed by atoms with Crippen molar-refractivity contribution in [2.45, 2.75) is 26.3 Å². The quantitative estimate of drug-likeness (QED) is 0.695. The fourth-order valence-electron chi connectivity index (χ4n) is 2.16. The van der Waals surface area contributed by atoms with Crippen LogP contribution in [0.2, 0.25) is 0 Å². The molecule has 0 spiro atoms. The average Bonchev–Trinajstić information content (AvgIpc) is 2.29. The summed E-state index contributed by atoms with van der Waals surface area (Å²) in [5.74, 6) is 0.651. The second kappa shape index (κ2) is 7.09. The molecule has 1 atom stereocenters. The van der Waals surface area contributed by atoms with E-state index < -0.39 is 5.91 Å². The third-order valence-corrected chi connectivity index (χ3v) is 2.89. The molecule has 1 aromatic heterocycles. The van der Waals surface area contributed by atoms with Crippen LogP contribution in [0.4, 0.5) is 11.5 Å². The van der Waals surface area contributed by atoms with Crippen LogP contribution in [0.3, 0.4) is 0 Å². The van der Waals surface area contributed by atoms with E-state index in [2.05, 4.69) is 29.0 Å². The Morgan fingerprint density at radius 1 is 1.45 bits per heavy atom. The fraction of sp³-hybridized carbons (Fsp3) is 0.571. The van der Waals surface area contributed by atoms with Crippen LogP contribution in [0.5, 0.6) is 0 Å². The molecule has 1 unspecified atom stereocenters. The first kappa shape index (κ1) is 16.2. The standard InChI is InChI=1S/C14H25N5O/c1-9(2)5-10(8-19(3)4)18-13-6-11(14(16)20)12(15)7-17-13/h6-7,9-10H,5,8,15H2,1-4H3,(H2,16,20)(H,17,18). The summed E-state index contributed by atoms with van der Waals surface area (Å²) < 4.78 is 0. The summed E-state index contributed by atoms with van der Waals surface area (Å²) >= 11 is 0. The first-order valence-corrected chi connectivity index (χ1v) is 6.76. The predicted octanol–water partition coefficient (Wildman–Crippen LogP) is 1.15. The number of nitrogens with one attached hydrogen (secondary N) is 1. The van der Waals surface area contributed by atoms with E-state index in [0.717, 1.165) is 13.0 Å². The molecular formula is C14H25N5O. The highest BCUT2D eigenvalue weighted by molar-refractivity contribution is 5.98. The van der Waals surface area contributed by atoms with Gasteiger partial charge in [-0.3, -0.25) is 4.79 Å². The number of nitrogen functional groups attached to an aromatic ring is 1. The van der Waals surface area contributed by atoms with E-state index in [1.807, 2.05) is 14.1 Å². The van der Waals surface area contributed by atoms with Gasteiger partial charge >= 0.3 is 0 Å². The van der Waals surface area contributed by atoms with E-state index in [4.69, 9.17) is 11.5 Å². The number of nitrogens with two attached hydrogens (primary N) is 2. The van der Waals surface area contributed by atoms with Gasteiger partial charge in [-0.15, -0.1) is 0 Å². The number of rotatable bonds is 7. The zero-order chi connectivity index (χ0) is 15.3. The molecule has 0 aliphatic rings. The maximum atomic E-state index is 11.3. The number of carbonyl (C=O) groups is 1. The third kappa shape index (κ3) is 5.05. The minimum atomic E-state index is -0.541. The van der Waals surface area contributed by atoms with Crippen LogP contribution >= 0.6 is 0 Å². The Labute approximate surface area is 120 Å². The number of nitrogens with zero attached hydrogens (tertiary/aromatic N) is 2. The summed E-state index contributed by atoms with van der Waals surface area (Å²) in [7, 11) is 4.06. The van der Waals surface area contributed by atoms with Crippen LogP contribution in [0.1, 0.15) is 30.6 Å². The predicted molar refractivity (Wildman–Crippen MR) is 82.6 cm³/mol. The van der Waals surface area contributed by atoms with E-state index in [9.17, 15) is 4.79 Å². The van der Waals surface area contributed by atoms with Crippen molar-refractivity contribution in [3.05, 3.63) is 17.8 Å². The van der Waals surface area contributed by atoms with E-state index in [1.54, 1.807) is 6.07 Å². The van der Waals surface area contributed by atoms with Gasteiger partial charge in [0.1, 0.15) is 5.82 Å². The van der Waals surface area contributed by atoms with Gasteiger partial charge in [-0.25, -0.2) is 4.98 Å². The number of pyridine rings is 1. The Morgan fingerprint density at radius 2 is 2.10 bits per heavy atom. The van der Waals surface area contributed by atoms with Gasteiger partial charge in [0.05, 0.1) is 17.4 Å². The zero-order valence-corrected chi connectivity index (χ0v) is 12.7. The second-order valence-corrected chi connectivity index (χ2v) is 5.75. The van der Waals surface area contributed by atoms with E-state index in [1.165, 1.54) is 6.20 Å². The summed E-state index contributed by atoms with van der Waals surface area (Å²) in [6.07, 6.45) is 2.47. The average molecular weight is 279 g/mol. The van der Waals surface area contributed by atoms with Crippen molar-refractivity contribution < 1.29 is 4.79 Å². The molecule has 0 saturated heterocycles. The summed E-state index contributed by atoms with van der Waals surface area (Å²) in [4.78, 5) is 17.6. The lowest BCUT2D eigenvalue weighted by Gasteiger charge is -2.24. The number of carbonyl (C=O) groups excluding carboxylic acids is 1. The second-order valence-electron chi connectivity index (χ2n) is 5.75. The van der Waals surface area contributed by atoms with E-state index >= 15 is 0 Å². The normalized spacial score (nSPS) is 12.7. The molecule has 0 bridgehead atoms. The van der Waals surface area contributed by atoms with Crippen molar-refractivity contribution in [2.75, 3.05) is 31.7 Å². The van der Waals surface area contributed by atoms with Gasteiger partial charge in [-0.1, -0.05) is 13.8 Å². The molecule has 1 heterocycles. The van der Waals surface area contributed by atoms with Crippen LogP contribution < -0.4 is 16.8 Å².